The lowest BCUT2D eigenvalue weighted by atomic mass is 9.95. The van der Waals surface area contributed by atoms with Crippen molar-refractivity contribution in [1.82, 2.24) is 4.90 Å². The molecule has 0 aromatic heterocycles. The summed E-state index contributed by atoms with van der Waals surface area (Å²) in [6.07, 6.45) is 46.7. The molecule has 0 heterocycles. The minimum atomic E-state index is 0.00917. The Labute approximate surface area is 369 Å². The normalized spacial score (nSPS) is 12.6. The van der Waals surface area contributed by atoms with Crippen LogP contribution in [-0.4, -0.2) is 61.4 Å². The summed E-state index contributed by atoms with van der Waals surface area (Å²) in [5.74, 6) is 1.10. The fraction of sp³-hybridized carbons (Fsp3) is 0.962. The Balaban J connectivity index is 4.18. The predicted octanol–water partition coefficient (Wildman–Crippen LogP) is 15.9. The van der Waals surface area contributed by atoms with E-state index in [4.69, 9.17) is 9.47 Å². The van der Waals surface area contributed by atoms with E-state index in [0.29, 0.717) is 37.9 Å². The van der Waals surface area contributed by atoms with Crippen molar-refractivity contribution in [2.45, 2.75) is 278 Å². The predicted molar refractivity (Wildman–Crippen MR) is 255 cm³/mol. The highest BCUT2D eigenvalue weighted by atomic mass is 16.5. The number of carbonyl (C=O) groups excluding carboxylic acids is 2. The van der Waals surface area contributed by atoms with Gasteiger partial charge in [0.2, 0.25) is 0 Å². The SMILES string of the molecule is CCCCCCCCC(CCCCCC)COC(=O)CCCCCCCCN(CCCCO)CCCCCCCC(=O)OCC(CCCCCC)CCCCCCCC. The van der Waals surface area contributed by atoms with Gasteiger partial charge in [-0.25, -0.2) is 0 Å². The average Bonchev–Trinajstić information content (AvgIpc) is 3.24. The first-order valence-electron chi connectivity index (χ1n) is 26.6. The summed E-state index contributed by atoms with van der Waals surface area (Å²) >= 11 is 0. The van der Waals surface area contributed by atoms with E-state index >= 15 is 0 Å². The number of esters is 2. The molecule has 6 nitrogen and oxygen atoms in total. The molecule has 59 heavy (non-hydrogen) atoms. The van der Waals surface area contributed by atoms with E-state index < -0.39 is 0 Å². The van der Waals surface area contributed by atoms with E-state index in [2.05, 4.69) is 32.6 Å². The van der Waals surface area contributed by atoms with Gasteiger partial charge in [0.1, 0.15) is 0 Å². The van der Waals surface area contributed by atoms with Crippen molar-refractivity contribution >= 4 is 11.9 Å². The number of nitrogens with zero attached hydrogens (tertiary/aromatic N) is 1. The Hall–Kier alpha value is -1.14. The second kappa shape index (κ2) is 47.9. The van der Waals surface area contributed by atoms with Crippen molar-refractivity contribution in [1.29, 1.82) is 0 Å². The molecule has 0 aliphatic carbocycles. The van der Waals surface area contributed by atoms with Crippen LogP contribution in [0.5, 0.6) is 0 Å². The Morgan fingerprint density at radius 3 is 0.983 bits per heavy atom. The van der Waals surface area contributed by atoms with Crippen LogP contribution < -0.4 is 0 Å². The molecular formula is C53H105NO5. The summed E-state index contributed by atoms with van der Waals surface area (Å²) in [6.45, 7) is 14.0. The summed E-state index contributed by atoms with van der Waals surface area (Å²) < 4.78 is 11.6. The molecule has 2 atom stereocenters. The van der Waals surface area contributed by atoms with Gasteiger partial charge in [0.15, 0.2) is 0 Å². The first-order chi connectivity index (χ1) is 29.0. The first kappa shape index (κ1) is 57.9. The maximum Gasteiger partial charge on any atom is 0.305 e. The zero-order chi connectivity index (χ0) is 43.1. The molecule has 0 aromatic rings. The number of carbonyl (C=O) groups is 2. The van der Waals surface area contributed by atoms with Crippen molar-refractivity contribution in [3.05, 3.63) is 0 Å². The van der Waals surface area contributed by atoms with Crippen molar-refractivity contribution < 1.29 is 24.2 Å². The summed E-state index contributed by atoms with van der Waals surface area (Å²) in [4.78, 5) is 27.7. The molecule has 0 saturated heterocycles. The van der Waals surface area contributed by atoms with Crippen LogP contribution in [0, 0.1) is 11.8 Å². The molecule has 0 spiro atoms. The molecule has 6 heteroatoms. The highest BCUT2D eigenvalue weighted by molar-refractivity contribution is 5.69. The zero-order valence-corrected chi connectivity index (χ0v) is 40.5. The molecule has 2 unspecified atom stereocenters. The fourth-order valence-electron chi connectivity index (χ4n) is 8.56. The summed E-state index contributed by atoms with van der Waals surface area (Å²) in [7, 11) is 0. The van der Waals surface area contributed by atoms with Gasteiger partial charge in [-0.1, -0.05) is 201 Å². The summed E-state index contributed by atoms with van der Waals surface area (Å²) in [6, 6.07) is 0. The fourth-order valence-corrected chi connectivity index (χ4v) is 8.56. The van der Waals surface area contributed by atoms with E-state index in [1.807, 2.05) is 0 Å². The lowest BCUT2D eigenvalue weighted by molar-refractivity contribution is -0.146. The van der Waals surface area contributed by atoms with Gasteiger partial charge < -0.3 is 19.5 Å². The Kier molecular flexibility index (Phi) is 47.0. The van der Waals surface area contributed by atoms with Gasteiger partial charge in [-0.2, -0.15) is 0 Å². The smallest absolute Gasteiger partial charge is 0.305 e. The highest BCUT2D eigenvalue weighted by Crippen LogP contribution is 2.22. The minimum absolute atomic E-state index is 0.00917. The zero-order valence-electron chi connectivity index (χ0n) is 40.5. The number of hydrogen-bond donors (Lipinski definition) is 1. The van der Waals surface area contributed by atoms with E-state index in [9.17, 15) is 14.7 Å². The van der Waals surface area contributed by atoms with Crippen molar-refractivity contribution in [3.63, 3.8) is 0 Å². The molecule has 0 saturated carbocycles. The average molecular weight is 836 g/mol. The second-order valence-corrected chi connectivity index (χ2v) is 18.6. The maximum absolute atomic E-state index is 12.6. The van der Waals surface area contributed by atoms with E-state index in [-0.39, 0.29) is 18.5 Å². The van der Waals surface area contributed by atoms with Crippen LogP contribution in [0.1, 0.15) is 278 Å². The number of ether oxygens (including phenoxy) is 2. The van der Waals surface area contributed by atoms with E-state index in [1.165, 1.54) is 199 Å². The largest absolute Gasteiger partial charge is 0.465 e. The summed E-state index contributed by atoms with van der Waals surface area (Å²) in [5.41, 5.74) is 0. The number of aliphatic hydroxyl groups excluding tert-OH is 1. The number of hydrogen-bond acceptors (Lipinski definition) is 6. The van der Waals surface area contributed by atoms with Crippen LogP contribution in [-0.2, 0) is 19.1 Å². The van der Waals surface area contributed by atoms with Gasteiger partial charge in [-0.3, -0.25) is 9.59 Å². The van der Waals surface area contributed by atoms with Crippen LogP contribution in [0.3, 0.4) is 0 Å². The van der Waals surface area contributed by atoms with Crippen LogP contribution >= 0.6 is 0 Å². The van der Waals surface area contributed by atoms with Crippen molar-refractivity contribution in [2.75, 3.05) is 39.5 Å². The van der Waals surface area contributed by atoms with Gasteiger partial charge in [-0.15, -0.1) is 0 Å². The topological polar surface area (TPSA) is 76.1 Å². The van der Waals surface area contributed by atoms with Crippen molar-refractivity contribution in [3.8, 4) is 0 Å². The summed E-state index contributed by atoms with van der Waals surface area (Å²) in [5, 5.41) is 9.33. The maximum atomic E-state index is 12.6. The quantitative estimate of drug-likeness (QED) is 0.0486. The van der Waals surface area contributed by atoms with Crippen LogP contribution in [0.4, 0.5) is 0 Å². The van der Waals surface area contributed by atoms with Gasteiger partial charge in [0.25, 0.3) is 0 Å². The number of unbranched alkanes of at least 4 members (excludes halogenated alkanes) is 26. The van der Waals surface area contributed by atoms with Crippen LogP contribution in [0.25, 0.3) is 0 Å². The molecule has 1 N–H and O–H groups in total. The lowest BCUT2D eigenvalue weighted by Gasteiger charge is -2.22. The van der Waals surface area contributed by atoms with Crippen LogP contribution in [0.15, 0.2) is 0 Å². The molecular weight excluding hydrogens is 731 g/mol. The molecule has 0 aromatic carbocycles. The molecule has 0 bridgehead atoms. The molecule has 0 fully saturated rings. The monoisotopic (exact) mass is 836 g/mol. The molecule has 0 aliphatic rings. The molecule has 0 radical (unpaired) electrons. The minimum Gasteiger partial charge on any atom is -0.465 e. The van der Waals surface area contributed by atoms with Crippen LogP contribution in [0.2, 0.25) is 0 Å². The Morgan fingerprint density at radius 2 is 0.644 bits per heavy atom. The standard InChI is InChI=1S/C53H105NO5/c1-5-9-13-17-22-30-40-50(38-28-15-11-7-3)48-58-52(56)42-32-24-19-20-26-34-44-54(46-36-37-47-55)45-35-27-21-25-33-43-53(57)59-49-51(39-29-16-12-8-4)41-31-23-18-14-10-6-2/h50-51,55H,5-49H2,1-4H3. The third-order valence-corrected chi connectivity index (χ3v) is 12.7. The Morgan fingerprint density at radius 1 is 0.373 bits per heavy atom. The number of aliphatic hydroxyl groups is 1. The Bertz CT molecular complexity index is 852. The molecule has 0 aliphatic heterocycles. The first-order valence-corrected chi connectivity index (χ1v) is 26.6. The lowest BCUT2D eigenvalue weighted by Crippen LogP contribution is -2.27. The van der Waals surface area contributed by atoms with Gasteiger partial charge in [0.05, 0.1) is 13.2 Å². The third-order valence-electron chi connectivity index (χ3n) is 12.7. The van der Waals surface area contributed by atoms with E-state index in [1.54, 1.807) is 0 Å². The molecule has 0 amide bonds. The van der Waals surface area contributed by atoms with Crippen molar-refractivity contribution in [2.24, 2.45) is 11.8 Å². The number of rotatable bonds is 49. The second-order valence-electron chi connectivity index (χ2n) is 18.6. The van der Waals surface area contributed by atoms with Gasteiger partial charge >= 0.3 is 11.9 Å². The van der Waals surface area contributed by atoms with Gasteiger partial charge in [-0.05, 0) is 95.7 Å². The molecule has 352 valence electrons. The third kappa shape index (κ3) is 43.3. The van der Waals surface area contributed by atoms with Gasteiger partial charge in [0, 0.05) is 19.4 Å². The van der Waals surface area contributed by atoms with E-state index in [0.717, 1.165) is 58.2 Å². The molecule has 0 rings (SSSR count). The highest BCUT2D eigenvalue weighted by Gasteiger charge is 2.14.